The Labute approximate surface area is 152 Å². The molecule has 0 amide bonds. The molecule has 0 bridgehead atoms. The van der Waals surface area contributed by atoms with Gasteiger partial charge in [0, 0.05) is 19.6 Å². The zero-order chi connectivity index (χ0) is 17.0. The minimum absolute atomic E-state index is 0. The zero-order valence-electron chi connectivity index (χ0n) is 13.8. The number of rotatable bonds is 4. The van der Waals surface area contributed by atoms with Crippen molar-refractivity contribution in [3.05, 3.63) is 77.4 Å². The summed E-state index contributed by atoms with van der Waals surface area (Å²) in [6, 6.07) is 16.0. The Bertz CT molecular complexity index is 710. The van der Waals surface area contributed by atoms with Crippen molar-refractivity contribution in [3.8, 4) is 0 Å². The first kappa shape index (κ1) is 19.5. The Morgan fingerprint density at radius 1 is 0.960 bits per heavy atom. The number of hydrogen-bond donors (Lipinski definition) is 0. The monoisotopic (exact) mass is 367 g/mol. The summed E-state index contributed by atoms with van der Waals surface area (Å²) in [7, 11) is 0. The van der Waals surface area contributed by atoms with Crippen LogP contribution in [0.1, 0.15) is 23.1 Å². The summed E-state index contributed by atoms with van der Waals surface area (Å²) >= 11 is 0. The molecule has 1 nitrogen and oxygen atoms in total. The van der Waals surface area contributed by atoms with Gasteiger partial charge in [0.1, 0.15) is 0 Å². The molecule has 0 fully saturated rings. The molecule has 1 heterocycles. The van der Waals surface area contributed by atoms with Crippen molar-refractivity contribution in [1.82, 2.24) is 4.90 Å². The minimum Gasteiger partial charge on any atom is -0.299 e. The average molecular weight is 368 g/mol. The second-order valence-corrected chi connectivity index (χ2v) is 6.09. The van der Waals surface area contributed by atoms with E-state index in [0.29, 0.717) is 5.56 Å². The maximum absolute atomic E-state index is 12.8. The van der Waals surface area contributed by atoms with E-state index in [2.05, 4.69) is 23.1 Å². The first-order valence-electron chi connectivity index (χ1n) is 8.15. The summed E-state index contributed by atoms with van der Waals surface area (Å²) in [4.78, 5) is 2.34. The molecule has 0 N–H and O–H groups in total. The van der Waals surface area contributed by atoms with E-state index in [9.17, 15) is 13.2 Å². The van der Waals surface area contributed by atoms with E-state index in [0.717, 1.165) is 44.1 Å². The predicted octanol–water partition coefficient (Wildman–Crippen LogP) is 5.46. The summed E-state index contributed by atoms with van der Waals surface area (Å²) in [5, 5.41) is 0. The molecule has 0 aromatic heterocycles. The highest BCUT2D eigenvalue weighted by Gasteiger charge is 2.30. The third-order valence-corrected chi connectivity index (χ3v) is 4.41. The van der Waals surface area contributed by atoms with E-state index in [4.69, 9.17) is 0 Å². The Kier molecular flexibility index (Phi) is 6.68. The van der Waals surface area contributed by atoms with Crippen molar-refractivity contribution in [3.63, 3.8) is 0 Å². The molecule has 0 atom stereocenters. The van der Waals surface area contributed by atoms with Crippen molar-refractivity contribution in [2.75, 3.05) is 19.6 Å². The fourth-order valence-electron chi connectivity index (χ4n) is 3.00. The van der Waals surface area contributed by atoms with Gasteiger partial charge in [-0.05, 0) is 41.7 Å². The molecular formula is C20H21ClF3N. The molecule has 25 heavy (non-hydrogen) atoms. The number of nitrogens with zero attached hydrogens (tertiary/aromatic N) is 1. The van der Waals surface area contributed by atoms with Gasteiger partial charge in [-0.2, -0.15) is 13.2 Å². The fraction of sp³-hybridized carbons (Fsp3) is 0.300. The van der Waals surface area contributed by atoms with Crippen LogP contribution < -0.4 is 0 Å². The van der Waals surface area contributed by atoms with Crippen molar-refractivity contribution >= 4 is 18.0 Å². The van der Waals surface area contributed by atoms with E-state index in [1.807, 2.05) is 18.2 Å². The van der Waals surface area contributed by atoms with Gasteiger partial charge in [0.15, 0.2) is 0 Å². The highest BCUT2D eigenvalue weighted by atomic mass is 35.5. The molecule has 134 valence electrons. The second-order valence-electron chi connectivity index (χ2n) is 6.09. The van der Waals surface area contributed by atoms with Crippen LogP contribution in [0.2, 0.25) is 0 Å². The lowest BCUT2D eigenvalue weighted by atomic mass is 9.97. The average Bonchev–Trinajstić information content (AvgIpc) is 2.61. The molecule has 2 aromatic carbocycles. The van der Waals surface area contributed by atoms with Crippen molar-refractivity contribution < 1.29 is 13.2 Å². The Hall–Kier alpha value is -1.78. The highest BCUT2D eigenvalue weighted by molar-refractivity contribution is 5.85. The zero-order valence-corrected chi connectivity index (χ0v) is 14.6. The van der Waals surface area contributed by atoms with Crippen LogP contribution in [0.5, 0.6) is 0 Å². The molecule has 1 aliphatic rings. The van der Waals surface area contributed by atoms with Gasteiger partial charge in [-0.25, -0.2) is 0 Å². The van der Waals surface area contributed by atoms with Crippen LogP contribution in [0.15, 0.2) is 60.7 Å². The smallest absolute Gasteiger partial charge is 0.299 e. The first-order valence-corrected chi connectivity index (χ1v) is 8.15. The SMILES string of the molecule is Cl.FC(F)(F)c1cccc(C2=CCN(CCc3ccccc3)CC2)c1. The van der Waals surface area contributed by atoms with Crippen molar-refractivity contribution in [2.24, 2.45) is 0 Å². The predicted molar refractivity (Wildman–Crippen MR) is 97.9 cm³/mol. The number of benzene rings is 2. The van der Waals surface area contributed by atoms with Crippen molar-refractivity contribution in [1.29, 1.82) is 0 Å². The van der Waals surface area contributed by atoms with Gasteiger partial charge in [-0.15, -0.1) is 12.4 Å². The number of alkyl halides is 3. The molecular weight excluding hydrogens is 347 g/mol. The molecule has 3 rings (SSSR count). The summed E-state index contributed by atoms with van der Waals surface area (Å²) < 4.78 is 38.5. The first-order chi connectivity index (χ1) is 11.5. The van der Waals surface area contributed by atoms with E-state index in [1.54, 1.807) is 6.07 Å². The van der Waals surface area contributed by atoms with Gasteiger partial charge in [-0.3, -0.25) is 4.90 Å². The lowest BCUT2D eigenvalue weighted by Crippen LogP contribution is -2.30. The topological polar surface area (TPSA) is 3.24 Å². The van der Waals surface area contributed by atoms with Crippen molar-refractivity contribution in [2.45, 2.75) is 19.0 Å². The van der Waals surface area contributed by atoms with E-state index in [-0.39, 0.29) is 12.4 Å². The highest BCUT2D eigenvalue weighted by Crippen LogP contribution is 2.32. The third kappa shape index (κ3) is 5.35. The Morgan fingerprint density at radius 2 is 1.72 bits per heavy atom. The van der Waals surface area contributed by atoms with Gasteiger partial charge in [0.2, 0.25) is 0 Å². The normalized spacial score (nSPS) is 15.4. The quantitative estimate of drug-likeness (QED) is 0.693. The van der Waals surface area contributed by atoms with E-state index >= 15 is 0 Å². The number of halogens is 4. The van der Waals surface area contributed by atoms with Crippen LogP contribution in [0.3, 0.4) is 0 Å². The van der Waals surface area contributed by atoms with Crippen LogP contribution in [-0.4, -0.2) is 24.5 Å². The lowest BCUT2D eigenvalue weighted by Gasteiger charge is -2.26. The van der Waals surface area contributed by atoms with Crippen LogP contribution in [-0.2, 0) is 12.6 Å². The van der Waals surface area contributed by atoms with Gasteiger partial charge in [0.05, 0.1) is 5.56 Å². The van der Waals surface area contributed by atoms with Crippen LogP contribution in [0.25, 0.3) is 5.57 Å². The number of hydrogen-bond acceptors (Lipinski definition) is 1. The molecule has 0 radical (unpaired) electrons. The second kappa shape index (κ2) is 8.54. The Balaban J connectivity index is 0.00000225. The van der Waals surface area contributed by atoms with Gasteiger partial charge in [-0.1, -0.05) is 48.5 Å². The van der Waals surface area contributed by atoms with Gasteiger partial charge < -0.3 is 0 Å². The Morgan fingerprint density at radius 3 is 2.36 bits per heavy atom. The summed E-state index contributed by atoms with van der Waals surface area (Å²) in [5.41, 5.74) is 2.43. The molecule has 1 aliphatic heterocycles. The standard InChI is InChI=1S/C20H20F3N.ClH/c21-20(22,23)19-8-4-7-18(15-19)17-10-13-24(14-11-17)12-9-16-5-2-1-3-6-16;/h1-8,10,15H,9,11-14H2;1H. The van der Waals surface area contributed by atoms with E-state index in [1.165, 1.54) is 17.7 Å². The fourth-order valence-corrected chi connectivity index (χ4v) is 3.00. The summed E-state index contributed by atoms with van der Waals surface area (Å²) in [6.07, 6.45) is -0.444. The molecule has 0 saturated heterocycles. The third-order valence-electron chi connectivity index (χ3n) is 4.41. The van der Waals surface area contributed by atoms with E-state index < -0.39 is 11.7 Å². The van der Waals surface area contributed by atoms with Crippen LogP contribution in [0.4, 0.5) is 13.2 Å². The van der Waals surface area contributed by atoms with Crippen LogP contribution in [0, 0.1) is 0 Å². The van der Waals surface area contributed by atoms with Gasteiger partial charge in [0.25, 0.3) is 0 Å². The maximum Gasteiger partial charge on any atom is 0.416 e. The van der Waals surface area contributed by atoms with Crippen LogP contribution >= 0.6 is 12.4 Å². The summed E-state index contributed by atoms with van der Waals surface area (Å²) in [6.45, 7) is 2.64. The molecule has 0 unspecified atom stereocenters. The largest absolute Gasteiger partial charge is 0.416 e. The molecule has 0 aliphatic carbocycles. The molecule has 2 aromatic rings. The molecule has 0 spiro atoms. The summed E-state index contributed by atoms with van der Waals surface area (Å²) in [5.74, 6) is 0. The maximum atomic E-state index is 12.8. The van der Waals surface area contributed by atoms with Gasteiger partial charge >= 0.3 is 6.18 Å². The minimum atomic E-state index is -4.28. The lowest BCUT2D eigenvalue weighted by molar-refractivity contribution is -0.137. The molecule has 0 saturated carbocycles. The molecule has 5 heteroatoms.